The van der Waals surface area contributed by atoms with Crippen LogP contribution in [-0.4, -0.2) is 30.1 Å². The quantitative estimate of drug-likeness (QED) is 0.724. The van der Waals surface area contributed by atoms with Crippen molar-refractivity contribution in [3.63, 3.8) is 0 Å². The molecule has 0 amide bonds. The van der Waals surface area contributed by atoms with E-state index < -0.39 is 10.0 Å². The average Bonchev–Trinajstić information content (AvgIpc) is 2.91. The van der Waals surface area contributed by atoms with Crippen molar-refractivity contribution in [1.29, 1.82) is 0 Å². The molecule has 3 N–H and O–H groups in total. The van der Waals surface area contributed by atoms with Crippen molar-refractivity contribution in [2.24, 2.45) is 0 Å². The molecular formula is C11H15N5O2S. The van der Waals surface area contributed by atoms with E-state index in [1.54, 1.807) is 24.3 Å². The van der Waals surface area contributed by atoms with Gasteiger partial charge in [-0.3, -0.25) is 5.10 Å². The number of hydrogen-bond donors (Lipinski definition) is 3. The van der Waals surface area contributed by atoms with Gasteiger partial charge in [0, 0.05) is 12.2 Å². The lowest BCUT2D eigenvalue weighted by Crippen LogP contribution is -2.23. The number of aromatic nitrogens is 3. The predicted molar refractivity (Wildman–Crippen MR) is 71.0 cm³/mol. The summed E-state index contributed by atoms with van der Waals surface area (Å²) in [6, 6.07) is 6.57. The molecule has 0 aliphatic rings. The highest BCUT2D eigenvalue weighted by Gasteiger charge is 2.13. The molecule has 1 aromatic carbocycles. The molecular weight excluding hydrogens is 266 g/mol. The second kappa shape index (κ2) is 5.81. The molecule has 1 aromatic heterocycles. The Hall–Kier alpha value is -1.93. The Kier molecular flexibility index (Phi) is 4.13. The summed E-state index contributed by atoms with van der Waals surface area (Å²) in [4.78, 5) is 4.06. The van der Waals surface area contributed by atoms with Crippen molar-refractivity contribution in [3.05, 3.63) is 36.4 Å². The first-order chi connectivity index (χ1) is 9.12. The summed E-state index contributed by atoms with van der Waals surface area (Å²) >= 11 is 0. The first kappa shape index (κ1) is 13.5. The maximum Gasteiger partial charge on any atom is 0.240 e. The van der Waals surface area contributed by atoms with Gasteiger partial charge in [-0.2, -0.15) is 5.10 Å². The van der Waals surface area contributed by atoms with Crippen molar-refractivity contribution in [3.8, 4) is 0 Å². The van der Waals surface area contributed by atoms with E-state index in [1.165, 1.54) is 6.33 Å². The summed E-state index contributed by atoms with van der Waals surface area (Å²) in [6.07, 6.45) is 1.33. The Labute approximate surface area is 111 Å². The zero-order valence-electron chi connectivity index (χ0n) is 10.4. The highest BCUT2D eigenvalue weighted by molar-refractivity contribution is 7.89. The third kappa shape index (κ3) is 3.52. The number of anilines is 1. The Balaban J connectivity index is 2.06. The van der Waals surface area contributed by atoms with Gasteiger partial charge in [-0.05, 0) is 31.2 Å². The molecule has 2 rings (SSSR count). The molecule has 0 radical (unpaired) electrons. The third-order valence-electron chi connectivity index (χ3n) is 2.44. The van der Waals surface area contributed by atoms with E-state index in [1.807, 2.05) is 6.92 Å². The molecule has 0 saturated carbocycles. The van der Waals surface area contributed by atoms with Gasteiger partial charge < -0.3 is 5.32 Å². The fourth-order valence-electron chi connectivity index (χ4n) is 1.52. The van der Waals surface area contributed by atoms with E-state index >= 15 is 0 Å². The van der Waals surface area contributed by atoms with E-state index in [9.17, 15) is 8.42 Å². The normalized spacial score (nSPS) is 11.4. The Bertz CT molecular complexity index is 607. The molecule has 0 saturated heterocycles. The molecule has 102 valence electrons. The van der Waals surface area contributed by atoms with E-state index in [0.717, 1.165) is 12.2 Å². The Morgan fingerprint density at radius 2 is 2.00 bits per heavy atom. The fourth-order valence-corrected chi connectivity index (χ4v) is 2.51. The number of rotatable bonds is 6. The van der Waals surface area contributed by atoms with Crippen LogP contribution >= 0.6 is 0 Å². The SMILES string of the molecule is CCNc1ccc(S(=O)(=O)NCc2ncn[nH]2)cc1. The number of H-pyrrole nitrogens is 1. The van der Waals surface area contributed by atoms with E-state index in [2.05, 4.69) is 25.2 Å². The number of nitrogens with zero attached hydrogens (tertiary/aromatic N) is 2. The maximum atomic E-state index is 12.0. The maximum absolute atomic E-state index is 12.0. The third-order valence-corrected chi connectivity index (χ3v) is 3.86. The van der Waals surface area contributed by atoms with Crippen molar-refractivity contribution >= 4 is 15.7 Å². The highest BCUT2D eigenvalue weighted by atomic mass is 32.2. The van der Waals surface area contributed by atoms with Crippen LogP contribution < -0.4 is 10.0 Å². The molecule has 0 aliphatic carbocycles. The lowest BCUT2D eigenvalue weighted by molar-refractivity contribution is 0.579. The molecule has 1 heterocycles. The molecule has 7 nitrogen and oxygen atoms in total. The van der Waals surface area contributed by atoms with Crippen LogP contribution in [0.25, 0.3) is 0 Å². The second-order valence-corrected chi connectivity index (χ2v) is 5.58. The summed E-state index contributed by atoms with van der Waals surface area (Å²) in [6.45, 7) is 2.84. The molecule has 0 atom stereocenters. The van der Waals surface area contributed by atoms with Crippen LogP contribution in [-0.2, 0) is 16.6 Å². The van der Waals surface area contributed by atoms with Crippen LogP contribution in [0.4, 0.5) is 5.69 Å². The zero-order valence-corrected chi connectivity index (χ0v) is 11.2. The van der Waals surface area contributed by atoms with Gasteiger partial charge in [0.2, 0.25) is 10.0 Å². The first-order valence-electron chi connectivity index (χ1n) is 5.79. The van der Waals surface area contributed by atoms with Crippen LogP contribution in [0, 0.1) is 0 Å². The summed E-state index contributed by atoms with van der Waals surface area (Å²) in [5.41, 5.74) is 0.886. The van der Waals surface area contributed by atoms with Gasteiger partial charge in [0.25, 0.3) is 0 Å². The van der Waals surface area contributed by atoms with Gasteiger partial charge in [-0.1, -0.05) is 0 Å². The van der Waals surface area contributed by atoms with Gasteiger partial charge in [-0.15, -0.1) is 0 Å². The molecule has 2 aromatic rings. The van der Waals surface area contributed by atoms with Crippen LogP contribution in [0.2, 0.25) is 0 Å². The Morgan fingerprint density at radius 3 is 2.58 bits per heavy atom. The predicted octanol–water partition coefficient (Wildman–Crippen LogP) is 0.715. The number of sulfonamides is 1. The average molecular weight is 281 g/mol. The first-order valence-corrected chi connectivity index (χ1v) is 7.28. The van der Waals surface area contributed by atoms with Gasteiger partial charge in [0.05, 0.1) is 11.4 Å². The van der Waals surface area contributed by atoms with Gasteiger partial charge >= 0.3 is 0 Å². The largest absolute Gasteiger partial charge is 0.385 e. The van der Waals surface area contributed by atoms with E-state index in [4.69, 9.17) is 0 Å². The number of benzene rings is 1. The zero-order chi connectivity index (χ0) is 13.7. The molecule has 0 unspecified atom stereocenters. The van der Waals surface area contributed by atoms with Crippen molar-refractivity contribution < 1.29 is 8.42 Å². The lowest BCUT2D eigenvalue weighted by Gasteiger charge is -2.07. The summed E-state index contributed by atoms with van der Waals surface area (Å²) in [7, 11) is -3.53. The fraction of sp³-hybridized carbons (Fsp3) is 0.273. The summed E-state index contributed by atoms with van der Waals surface area (Å²) in [5, 5.41) is 9.34. The summed E-state index contributed by atoms with van der Waals surface area (Å²) in [5.74, 6) is 0.466. The number of aromatic amines is 1. The van der Waals surface area contributed by atoms with Crippen LogP contribution in [0.5, 0.6) is 0 Å². The number of nitrogens with one attached hydrogen (secondary N) is 3. The number of hydrogen-bond acceptors (Lipinski definition) is 5. The molecule has 0 bridgehead atoms. The molecule has 19 heavy (non-hydrogen) atoms. The minimum absolute atomic E-state index is 0.0806. The van der Waals surface area contributed by atoms with Crippen molar-refractivity contribution in [2.45, 2.75) is 18.4 Å². The monoisotopic (exact) mass is 281 g/mol. The Morgan fingerprint density at radius 1 is 1.26 bits per heavy atom. The standard InChI is InChI=1S/C11H15N5O2S/c1-2-12-9-3-5-10(6-4-9)19(17,18)15-7-11-13-8-14-16-11/h3-6,8,12,15H,2,7H2,1H3,(H,13,14,16). The van der Waals surface area contributed by atoms with Crippen LogP contribution in [0.3, 0.4) is 0 Å². The van der Waals surface area contributed by atoms with E-state index in [-0.39, 0.29) is 11.4 Å². The van der Waals surface area contributed by atoms with Gasteiger partial charge in [-0.25, -0.2) is 18.1 Å². The summed E-state index contributed by atoms with van der Waals surface area (Å²) < 4.78 is 26.5. The minimum atomic E-state index is -3.53. The lowest BCUT2D eigenvalue weighted by atomic mass is 10.3. The molecule has 0 spiro atoms. The van der Waals surface area contributed by atoms with Gasteiger partial charge in [0.1, 0.15) is 12.2 Å². The van der Waals surface area contributed by atoms with E-state index in [0.29, 0.717) is 5.82 Å². The topological polar surface area (TPSA) is 99.8 Å². The molecule has 0 aliphatic heterocycles. The van der Waals surface area contributed by atoms with Crippen LogP contribution in [0.1, 0.15) is 12.7 Å². The molecule has 0 fully saturated rings. The van der Waals surface area contributed by atoms with Crippen molar-refractivity contribution in [2.75, 3.05) is 11.9 Å². The molecule has 8 heteroatoms. The minimum Gasteiger partial charge on any atom is -0.385 e. The van der Waals surface area contributed by atoms with Crippen LogP contribution in [0.15, 0.2) is 35.5 Å². The smallest absolute Gasteiger partial charge is 0.240 e. The second-order valence-electron chi connectivity index (χ2n) is 3.81. The van der Waals surface area contributed by atoms with Gasteiger partial charge in [0.15, 0.2) is 0 Å². The van der Waals surface area contributed by atoms with Crippen molar-refractivity contribution in [1.82, 2.24) is 19.9 Å². The highest BCUT2D eigenvalue weighted by Crippen LogP contribution is 2.13.